The van der Waals surface area contributed by atoms with Gasteiger partial charge in [0.15, 0.2) is 0 Å². The molecule has 0 fully saturated rings. The molecule has 0 aromatic heterocycles. The molecule has 0 saturated heterocycles. The summed E-state index contributed by atoms with van der Waals surface area (Å²) in [4.78, 5) is 11.1. The Morgan fingerprint density at radius 3 is 2.46 bits per heavy atom. The van der Waals surface area contributed by atoms with Gasteiger partial charge in [-0.1, -0.05) is 20.3 Å². The zero-order chi connectivity index (χ0) is 10.3. The molecule has 3 heteroatoms. The number of esters is 1. The molecule has 0 aliphatic rings. The second-order valence-electron chi connectivity index (χ2n) is 3.59. The number of carbonyl (C=O) groups excluding carboxylic acids is 1. The number of methoxy groups -OCH3 is 1. The lowest BCUT2D eigenvalue weighted by atomic mass is 9.92. The molecule has 0 heterocycles. The second-order valence-corrected chi connectivity index (χ2v) is 3.59. The SMILES string of the molecule is CCCC(C)(CC(=O)OC)NCC. The Hall–Kier alpha value is -0.570. The highest BCUT2D eigenvalue weighted by Crippen LogP contribution is 2.17. The van der Waals surface area contributed by atoms with Crippen LogP contribution in [-0.2, 0) is 9.53 Å². The zero-order valence-electron chi connectivity index (χ0n) is 9.14. The Balaban J connectivity index is 4.13. The van der Waals surface area contributed by atoms with Gasteiger partial charge in [-0.3, -0.25) is 4.79 Å². The van der Waals surface area contributed by atoms with Crippen molar-refractivity contribution in [1.29, 1.82) is 0 Å². The molecule has 0 rings (SSSR count). The normalized spacial score (nSPS) is 15.1. The molecular formula is C10H21NO2. The van der Waals surface area contributed by atoms with E-state index in [-0.39, 0.29) is 11.5 Å². The summed E-state index contributed by atoms with van der Waals surface area (Å²) < 4.78 is 4.66. The van der Waals surface area contributed by atoms with Crippen LogP contribution in [0.5, 0.6) is 0 Å². The molecule has 3 nitrogen and oxygen atoms in total. The summed E-state index contributed by atoms with van der Waals surface area (Å²) in [5, 5.41) is 3.32. The lowest BCUT2D eigenvalue weighted by molar-refractivity contribution is -0.142. The first kappa shape index (κ1) is 12.4. The van der Waals surface area contributed by atoms with Gasteiger partial charge in [0.1, 0.15) is 0 Å². The molecule has 0 aliphatic carbocycles. The summed E-state index contributed by atoms with van der Waals surface area (Å²) in [6.45, 7) is 7.11. The molecule has 0 aromatic rings. The number of carbonyl (C=O) groups is 1. The zero-order valence-corrected chi connectivity index (χ0v) is 9.14. The molecule has 0 saturated carbocycles. The van der Waals surface area contributed by atoms with Crippen molar-refractivity contribution in [3.8, 4) is 0 Å². The third-order valence-electron chi connectivity index (χ3n) is 2.17. The van der Waals surface area contributed by atoms with Gasteiger partial charge < -0.3 is 10.1 Å². The van der Waals surface area contributed by atoms with Crippen LogP contribution in [-0.4, -0.2) is 25.2 Å². The standard InChI is InChI=1S/C10H21NO2/c1-5-7-10(3,11-6-2)8-9(12)13-4/h11H,5-8H2,1-4H3. The van der Waals surface area contributed by atoms with Crippen molar-refractivity contribution in [3.63, 3.8) is 0 Å². The molecule has 78 valence electrons. The van der Waals surface area contributed by atoms with E-state index in [0.29, 0.717) is 6.42 Å². The summed E-state index contributed by atoms with van der Waals surface area (Å²) in [5.41, 5.74) is -0.101. The van der Waals surface area contributed by atoms with Crippen LogP contribution in [0.15, 0.2) is 0 Å². The summed E-state index contributed by atoms with van der Waals surface area (Å²) in [7, 11) is 1.43. The Morgan fingerprint density at radius 1 is 1.46 bits per heavy atom. The highest BCUT2D eigenvalue weighted by Gasteiger charge is 2.25. The first-order chi connectivity index (χ1) is 6.08. The van der Waals surface area contributed by atoms with Gasteiger partial charge in [0.2, 0.25) is 0 Å². The maximum absolute atomic E-state index is 11.1. The fourth-order valence-corrected chi connectivity index (χ4v) is 1.61. The van der Waals surface area contributed by atoms with Gasteiger partial charge in [0.05, 0.1) is 13.5 Å². The highest BCUT2D eigenvalue weighted by molar-refractivity contribution is 5.70. The summed E-state index contributed by atoms with van der Waals surface area (Å²) in [6.07, 6.45) is 2.52. The second kappa shape index (κ2) is 5.97. The van der Waals surface area contributed by atoms with E-state index in [1.54, 1.807) is 0 Å². The van der Waals surface area contributed by atoms with Crippen molar-refractivity contribution in [3.05, 3.63) is 0 Å². The maximum atomic E-state index is 11.1. The van der Waals surface area contributed by atoms with Crippen LogP contribution in [0.1, 0.15) is 40.0 Å². The van der Waals surface area contributed by atoms with Gasteiger partial charge in [0, 0.05) is 5.54 Å². The molecule has 1 unspecified atom stereocenters. The molecule has 0 spiro atoms. The van der Waals surface area contributed by atoms with Crippen LogP contribution < -0.4 is 5.32 Å². The number of hydrogen-bond acceptors (Lipinski definition) is 3. The Morgan fingerprint density at radius 2 is 2.08 bits per heavy atom. The minimum absolute atomic E-state index is 0.101. The summed E-state index contributed by atoms with van der Waals surface area (Å²) in [5.74, 6) is -0.142. The van der Waals surface area contributed by atoms with Crippen molar-refractivity contribution in [2.45, 2.75) is 45.6 Å². The van der Waals surface area contributed by atoms with Crippen LogP contribution in [0, 0.1) is 0 Å². The number of nitrogens with one attached hydrogen (secondary N) is 1. The van der Waals surface area contributed by atoms with E-state index in [9.17, 15) is 4.79 Å². The fourth-order valence-electron chi connectivity index (χ4n) is 1.61. The Kier molecular flexibility index (Phi) is 5.71. The Labute approximate surface area is 80.8 Å². The summed E-state index contributed by atoms with van der Waals surface area (Å²) >= 11 is 0. The van der Waals surface area contributed by atoms with Crippen LogP contribution >= 0.6 is 0 Å². The van der Waals surface area contributed by atoms with Gasteiger partial charge in [-0.05, 0) is 19.9 Å². The molecule has 13 heavy (non-hydrogen) atoms. The first-order valence-electron chi connectivity index (χ1n) is 4.89. The molecule has 0 aromatic carbocycles. The van der Waals surface area contributed by atoms with Crippen molar-refractivity contribution < 1.29 is 9.53 Å². The van der Waals surface area contributed by atoms with Crippen molar-refractivity contribution in [2.24, 2.45) is 0 Å². The van der Waals surface area contributed by atoms with Crippen LogP contribution in [0.2, 0.25) is 0 Å². The molecule has 0 radical (unpaired) electrons. The topological polar surface area (TPSA) is 38.3 Å². The predicted octanol–water partition coefficient (Wildman–Crippen LogP) is 1.72. The van der Waals surface area contributed by atoms with E-state index >= 15 is 0 Å². The third kappa shape index (κ3) is 4.88. The third-order valence-corrected chi connectivity index (χ3v) is 2.17. The lowest BCUT2D eigenvalue weighted by Gasteiger charge is -2.29. The van der Waals surface area contributed by atoms with Crippen LogP contribution in [0.4, 0.5) is 0 Å². The van der Waals surface area contributed by atoms with Crippen molar-refractivity contribution >= 4 is 5.97 Å². The molecular weight excluding hydrogens is 166 g/mol. The average molecular weight is 187 g/mol. The smallest absolute Gasteiger partial charge is 0.307 e. The van der Waals surface area contributed by atoms with E-state index < -0.39 is 0 Å². The minimum atomic E-state index is -0.142. The van der Waals surface area contributed by atoms with Gasteiger partial charge in [-0.15, -0.1) is 0 Å². The number of hydrogen-bond donors (Lipinski definition) is 1. The van der Waals surface area contributed by atoms with Crippen molar-refractivity contribution in [2.75, 3.05) is 13.7 Å². The highest BCUT2D eigenvalue weighted by atomic mass is 16.5. The average Bonchev–Trinajstić information content (AvgIpc) is 2.04. The van der Waals surface area contributed by atoms with Gasteiger partial charge >= 0.3 is 5.97 Å². The Bertz CT molecular complexity index is 151. The molecule has 0 amide bonds. The van der Waals surface area contributed by atoms with E-state index in [2.05, 4.69) is 23.9 Å². The van der Waals surface area contributed by atoms with E-state index in [1.807, 2.05) is 6.92 Å². The molecule has 1 N–H and O–H groups in total. The fraction of sp³-hybridized carbons (Fsp3) is 0.900. The molecule has 0 bridgehead atoms. The monoisotopic (exact) mass is 187 g/mol. The quantitative estimate of drug-likeness (QED) is 0.643. The van der Waals surface area contributed by atoms with Gasteiger partial charge in [-0.25, -0.2) is 0 Å². The maximum Gasteiger partial charge on any atom is 0.307 e. The van der Waals surface area contributed by atoms with Crippen LogP contribution in [0.25, 0.3) is 0 Å². The molecule has 0 aliphatic heterocycles. The summed E-state index contributed by atoms with van der Waals surface area (Å²) in [6, 6.07) is 0. The predicted molar refractivity (Wildman–Crippen MR) is 53.6 cm³/mol. The lowest BCUT2D eigenvalue weighted by Crippen LogP contribution is -2.44. The number of rotatable bonds is 6. The first-order valence-corrected chi connectivity index (χ1v) is 4.89. The largest absolute Gasteiger partial charge is 0.469 e. The van der Waals surface area contributed by atoms with Crippen LogP contribution in [0.3, 0.4) is 0 Å². The molecule has 1 atom stereocenters. The number of ether oxygens (including phenoxy) is 1. The minimum Gasteiger partial charge on any atom is -0.469 e. The van der Waals surface area contributed by atoms with E-state index in [4.69, 9.17) is 0 Å². The van der Waals surface area contributed by atoms with Gasteiger partial charge in [-0.2, -0.15) is 0 Å². The van der Waals surface area contributed by atoms with Gasteiger partial charge in [0.25, 0.3) is 0 Å². The van der Waals surface area contributed by atoms with Crippen molar-refractivity contribution in [1.82, 2.24) is 5.32 Å². The van der Waals surface area contributed by atoms with E-state index in [0.717, 1.165) is 19.4 Å². The van der Waals surface area contributed by atoms with E-state index in [1.165, 1.54) is 7.11 Å².